The minimum absolute atomic E-state index is 0.0174. The van der Waals surface area contributed by atoms with Crippen LogP contribution in [0.4, 0.5) is 0 Å². The van der Waals surface area contributed by atoms with Crippen molar-refractivity contribution < 1.29 is 42.1 Å². The monoisotopic (exact) mass is 1300 g/mol. The van der Waals surface area contributed by atoms with Crippen LogP contribution in [0.5, 0.6) is 0 Å². The molecule has 0 amide bonds. The molecule has 0 radical (unpaired) electrons. The van der Waals surface area contributed by atoms with Gasteiger partial charge in [-0.2, -0.15) is 0 Å². The predicted octanol–water partition coefficient (Wildman–Crippen LogP) is 25.2. The number of phosphoric acid groups is 1. The summed E-state index contributed by atoms with van der Waals surface area (Å²) in [5.41, 5.74) is 0. The fourth-order valence-corrected chi connectivity index (χ4v) is 11.1. The Labute approximate surface area is 568 Å². The first-order valence-electron chi connectivity index (χ1n) is 37.9. The van der Waals surface area contributed by atoms with E-state index in [0.29, 0.717) is 17.4 Å². The van der Waals surface area contributed by atoms with E-state index in [-0.39, 0.29) is 32.0 Å². The van der Waals surface area contributed by atoms with Crippen LogP contribution in [-0.4, -0.2) is 74.9 Å². The lowest BCUT2D eigenvalue weighted by Gasteiger charge is -2.24. The summed E-state index contributed by atoms with van der Waals surface area (Å²) >= 11 is 0. The minimum atomic E-state index is -4.42. The van der Waals surface area contributed by atoms with Crippen LogP contribution in [0.15, 0.2) is 134 Å². The van der Waals surface area contributed by atoms with Crippen molar-refractivity contribution in [1.29, 1.82) is 0 Å². The first-order chi connectivity index (χ1) is 45.0. The summed E-state index contributed by atoms with van der Waals surface area (Å²) in [6, 6.07) is 0. The zero-order chi connectivity index (χ0) is 66.9. The zero-order valence-corrected chi connectivity index (χ0v) is 61.1. The highest BCUT2D eigenvalue weighted by Gasteiger charge is 2.27. The van der Waals surface area contributed by atoms with Gasteiger partial charge >= 0.3 is 19.8 Å². The topological polar surface area (TPSA) is 108 Å². The third-order valence-electron chi connectivity index (χ3n) is 16.2. The summed E-state index contributed by atoms with van der Waals surface area (Å²) in [6.07, 6.45) is 104. The van der Waals surface area contributed by atoms with Gasteiger partial charge in [0.25, 0.3) is 0 Å². The first kappa shape index (κ1) is 88.2. The lowest BCUT2D eigenvalue weighted by molar-refractivity contribution is -0.870. The van der Waals surface area contributed by atoms with Crippen molar-refractivity contribution in [2.24, 2.45) is 0 Å². The van der Waals surface area contributed by atoms with Crippen molar-refractivity contribution in [3.05, 3.63) is 134 Å². The Morgan fingerprint density at radius 3 is 0.957 bits per heavy atom. The maximum atomic E-state index is 12.9. The number of hydrogen-bond donors (Lipinski definition) is 1. The number of phosphoric ester groups is 1. The van der Waals surface area contributed by atoms with Crippen molar-refractivity contribution in [1.82, 2.24) is 0 Å². The van der Waals surface area contributed by atoms with E-state index in [4.69, 9.17) is 18.5 Å². The highest BCUT2D eigenvalue weighted by Crippen LogP contribution is 2.43. The zero-order valence-electron chi connectivity index (χ0n) is 60.2. The van der Waals surface area contributed by atoms with Gasteiger partial charge in [0.2, 0.25) is 0 Å². The van der Waals surface area contributed by atoms with Gasteiger partial charge in [0, 0.05) is 12.8 Å². The second kappa shape index (κ2) is 71.4. The molecule has 0 spiro atoms. The van der Waals surface area contributed by atoms with Gasteiger partial charge in [0.15, 0.2) is 6.10 Å². The molecule has 2 atom stereocenters. The molecule has 0 aromatic carbocycles. The Balaban J connectivity index is 4.09. The van der Waals surface area contributed by atoms with Gasteiger partial charge in [-0.25, -0.2) is 4.57 Å². The largest absolute Gasteiger partial charge is 0.472 e. The summed E-state index contributed by atoms with van der Waals surface area (Å²) in [6.45, 7) is 4.29. The van der Waals surface area contributed by atoms with E-state index in [2.05, 4.69) is 148 Å². The van der Waals surface area contributed by atoms with E-state index in [1.165, 1.54) is 193 Å². The standard InChI is InChI=1S/C82H142NO8P/c1-6-8-10-12-14-16-18-20-22-24-26-28-30-32-34-36-38-40-41-43-44-46-48-50-52-54-56-58-60-62-64-66-68-70-72-74-81(84)88-78-80(79-90-92(86,87)89-77-76-83(3,4)5)91-82(85)75-73-71-69-67-65-63-61-59-57-55-53-51-49-47-45-42-39-37-35-33-31-29-27-25-23-21-19-17-15-13-11-9-7-2/h9,11,15,17,21,23-24,26-27,29,33,35,39,42,47,49,53,55,59,61,65,67,80H,6-8,10,12-14,16,18-20,22,25,28,30-32,34,36-38,40-41,43-46,48,50-52,54,56-58,60,62-64,66,68-79H2,1-5H3/p+1/b11-9-,17-15-,23-21-,26-24-,29-27-,35-33-,42-39-,49-47-,55-53-,61-59-,67-65-. The van der Waals surface area contributed by atoms with Gasteiger partial charge in [0.05, 0.1) is 27.7 Å². The molecule has 0 aliphatic heterocycles. The average Bonchev–Trinajstić information content (AvgIpc) is 2.23. The van der Waals surface area contributed by atoms with Crippen LogP contribution in [-0.2, 0) is 32.7 Å². The fourth-order valence-electron chi connectivity index (χ4n) is 10.4. The number of unbranched alkanes of at least 4 members (excludes halogenated alkanes) is 33. The van der Waals surface area contributed by atoms with Crippen LogP contribution < -0.4 is 0 Å². The second-order valence-corrected chi connectivity index (χ2v) is 27.8. The Hall–Kier alpha value is -3.85. The quantitative estimate of drug-likeness (QED) is 0.0211. The molecule has 92 heavy (non-hydrogen) atoms. The maximum absolute atomic E-state index is 12.9. The molecular weight excluding hydrogens is 1160 g/mol. The van der Waals surface area contributed by atoms with E-state index in [1.54, 1.807) is 0 Å². The number of quaternary nitrogens is 1. The Morgan fingerprint density at radius 2 is 0.620 bits per heavy atom. The summed E-state index contributed by atoms with van der Waals surface area (Å²) in [5, 5.41) is 0. The van der Waals surface area contributed by atoms with E-state index in [0.717, 1.165) is 96.3 Å². The SMILES string of the molecule is CC/C=C\C/C=C\C/C=C\C/C=C\C/C=C\C/C=C\C/C=C\C/C=C\C/C=C\C/C=C\CCCCC(=O)OC(COC(=O)CCCCCCCCCCCCCCCCCCCCCCCCC/C=C\CCCCCCCCCC)COP(=O)(O)OCC[N+](C)(C)C. The molecule has 10 heteroatoms. The number of nitrogens with zero attached hydrogens (tertiary/aromatic N) is 1. The number of carbonyl (C=O) groups excluding carboxylic acids is 2. The summed E-state index contributed by atoms with van der Waals surface area (Å²) in [4.78, 5) is 35.9. The van der Waals surface area contributed by atoms with Gasteiger partial charge in [-0.1, -0.05) is 327 Å². The smallest absolute Gasteiger partial charge is 0.462 e. The van der Waals surface area contributed by atoms with E-state index < -0.39 is 26.5 Å². The van der Waals surface area contributed by atoms with Crippen LogP contribution in [0.1, 0.15) is 322 Å². The summed E-state index contributed by atoms with van der Waals surface area (Å²) in [5.74, 6) is -0.846. The van der Waals surface area contributed by atoms with E-state index in [1.807, 2.05) is 21.1 Å². The molecule has 0 aromatic heterocycles. The van der Waals surface area contributed by atoms with Crippen LogP contribution in [0.3, 0.4) is 0 Å². The van der Waals surface area contributed by atoms with E-state index in [9.17, 15) is 19.0 Å². The molecule has 1 N–H and O–H groups in total. The van der Waals surface area contributed by atoms with E-state index >= 15 is 0 Å². The van der Waals surface area contributed by atoms with Gasteiger partial charge in [-0.05, 0) is 116 Å². The molecule has 0 aliphatic rings. The van der Waals surface area contributed by atoms with Crippen molar-refractivity contribution in [3.8, 4) is 0 Å². The molecule has 0 bridgehead atoms. The third kappa shape index (κ3) is 75.2. The van der Waals surface area contributed by atoms with Gasteiger partial charge < -0.3 is 18.9 Å². The predicted molar refractivity (Wildman–Crippen MR) is 399 cm³/mol. The van der Waals surface area contributed by atoms with Gasteiger partial charge in [-0.15, -0.1) is 0 Å². The number of rotatable bonds is 69. The van der Waals surface area contributed by atoms with Crippen LogP contribution in [0, 0.1) is 0 Å². The van der Waals surface area contributed by atoms with Crippen molar-refractivity contribution in [2.45, 2.75) is 328 Å². The third-order valence-corrected chi connectivity index (χ3v) is 17.1. The molecule has 0 rings (SSSR count). The molecule has 0 saturated carbocycles. The molecule has 9 nitrogen and oxygen atoms in total. The summed E-state index contributed by atoms with van der Waals surface area (Å²) in [7, 11) is 1.44. The Morgan fingerprint density at radius 1 is 0.348 bits per heavy atom. The molecule has 0 fully saturated rings. The summed E-state index contributed by atoms with van der Waals surface area (Å²) < 4.78 is 34.7. The minimum Gasteiger partial charge on any atom is -0.462 e. The maximum Gasteiger partial charge on any atom is 0.472 e. The molecule has 0 aromatic rings. The second-order valence-electron chi connectivity index (χ2n) is 26.3. The average molecular weight is 1300 g/mol. The van der Waals surface area contributed by atoms with Crippen molar-refractivity contribution in [2.75, 3.05) is 47.5 Å². The number of likely N-dealkylation sites (N-methyl/N-ethyl adjacent to an activating group) is 1. The number of allylic oxidation sites excluding steroid dienone is 22. The van der Waals surface area contributed by atoms with Gasteiger partial charge in [-0.3, -0.25) is 18.6 Å². The van der Waals surface area contributed by atoms with Crippen molar-refractivity contribution in [3.63, 3.8) is 0 Å². The van der Waals surface area contributed by atoms with Gasteiger partial charge in [0.1, 0.15) is 19.8 Å². The number of ether oxygens (including phenoxy) is 2. The molecule has 0 aliphatic carbocycles. The Kier molecular flexibility index (Phi) is 68.5. The van der Waals surface area contributed by atoms with Crippen LogP contribution >= 0.6 is 7.82 Å². The lowest BCUT2D eigenvalue weighted by Crippen LogP contribution is -2.37. The van der Waals surface area contributed by atoms with Crippen molar-refractivity contribution >= 4 is 19.8 Å². The Bertz CT molecular complexity index is 2020. The normalized spacial score (nSPS) is 13.8. The first-order valence-corrected chi connectivity index (χ1v) is 39.4. The molecule has 528 valence electrons. The van der Waals surface area contributed by atoms with Crippen LogP contribution in [0.2, 0.25) is 0 Å². The fraction of sp³-hybridized carbons (Fsp3) is 0.707. The number of esters is 2. The molecule has 0 saturated heterocycles. The highest BCUT2D eigenvalue weighted by molar-refractivity contribution is 7.47. The number of carbonyl (C=O) groups is 2. The molecule has 0 heterocycles. The molecular formula is C82H143NO8P+. The highest BCUT2D eigenvalue weighted by atomic mass is 31.2. The van der Waals surface area contributed by atoms with Crippen LogP contribution in [0.25, 0.3) is 0 Å². The molecule has 2 unspecified atom stereocenters. The lowest BCUT2D eigenvalue weighted by atomic mass is 10.0. The number of hydrogen-bond acceptors (Lipinski definition) is 7.